The molecule has 0 spiro atoms. The molecule has 1 aromatic heterocycles. The highest BCUT2D eigenvalue weighted by molar-refractivity contribution is 4.85. The summed E-state index contributed by atoms with van der Waals surface area (Å²) in [5, 5.41) is 8.09. The molecule has 1 heterocycles. The zero-order valence-corrected chi connectivity index (χ0v) is 9.65. The van der Waals surface area contributed by atoms with Crippen LogP contribution in [-0.4, -0.2) is 21.3 Å². The van der Waals surface area contributed by atoms with Crippen LogP contribution in [0.15, 0.2) is 6.33 Å². The van der Waals surface area contributed by atoms with Crippen molar-refractivity contribution < 1.29 is 0 Å². The normalized spacial score (nSPS) is 10.8. The van der Waals surface area contributed by atoms with E-state index in [1.807, 2.05) is 6.33 Å². The second kappa shape index (κ2) is 7.40. The molecule has 0 amide bonds. The molecule has 86 valence electrons. The summed E-state index contributed by atoms with van der Waals surface area (Å²) in [6.45, 7) is 4.02. The lowest BCUT2D eigenvalue weighted by atomic mass is 10.1. The second-order valence-electron chi connectivity index (χ2n) is 3.89. The zero-order chi connectivity index (χ0) is 10.9. The van der Waals surface area contributed by atoms with Crippen molar-refractivity contribution in [3.05, 3.63) is 12.2 Å². The van der Waals surface area contributed by atoms with Gasteiger partial charge >= 0.3 is 0 Å². The van der Waals surface area contributed by atoms with E-state index in [2.05, 4.69) is 21.7 Å². The van der Waals surface area contributed by atoms with Gasteiger partial charge in [-0.15, -0.1) is 10.2 Å². The molecule has 0 saturated carbocycles. The Balaban J connectivity index is 2.21. The van der Waals surface area contributed by atoms with Crippen molar-refractivity contribution >= 4 is 0 Å². The Morgan fingerprint density at radius 3 is 2.80 bits per heavy atom. The first kappa shape index (κ1) is 12.2. The fourth-order valence-corrected chi connectivity index (χ4v) is 1.68. The third kappa shape index (κ3) is 4.42. The van der Waals surface area contributed by atoms with Gasteiger partial charge in [0.05, 0.1) is 0 Å². The van der Waals surface area contributed by atoms with Crippen LogP contribution in [0.3, 0.4) is 0 Å². The number of hydrogen-bond acceptors (Lipinski definition) is 3. The fourth-order valence-electron chi connectivity index (χ4n) is 1.68. The van der Waals surface area contributed by atoms with E-state index >= 15 is 0 Å². The van der Waals surface area contributed by atoms with Crippen LogP contribution < -0.4 is 5.73 Å². The van der Waals surface area contributed by atoms with E-state index in [0.717, 1.165) is 38.2 Å². The van der Waals surface area contributed by atoms with Crippen LogP contribution in [0, 0.1) is 0 Å². The molecule has 0 radical (unpaired) electrons. The minimum Gasteiger partial charge on any atom is -0.330 e. The van der Waals surface area contributed by atoms with Crippen LogP contribution in [0.4, 0.5) is 0 Å². The van der Waals surface area contributed by atoms with E-state index in [9.17, 15) is 0 Å². The summed E-state index contributed by atoms with van der Waals surface area (Å²) in [5.74, 6) is 1.13. The molecule has 4 heteroatoms. The molecular formula is C11H22N4. The van der Waals surface area contributed by atoms with Gasteiger partial charge in [0.15, 0.2) is 0 Å². The van der Waals surface area contributed by atoms with Crippen molar-refractivity contribution in [2.75, 3.05) is 6.54 Å². The molecule has 15 heavy (non-hydrogen) atoms. The van der Waals surface area contributed by atoms with Crippen molar-refractivity contribution in [2.45, 2.75) is 52.0 Å². The van der Waals surface area contributed by atoms with Crippen molar-refractivity contribution in [1.29, 1.82) is 0 Å². The molecule has 0 atom stereocenters. The third-order valence-corrected chi connectivity index (χ3v) is 2.51. The van der Waals surface area contributed by atoms with Crippen LogP contribution in [0.1, 0.15) is 44.9 Å². The van der Waals surface area contributed by atoms with Gasteiger partial charge in [-0.2, -0.15) is 0 Å². The third-order valence-electron chi connectivity index (χ3n) is 2.51. The maximum absolute atomic E-state index is 5.44. The van der Waals surface area contributed by atoms with Gasteiger partial charge in [0.2, 0.25) is 0 Å². The first-order valence-corrected chi connectivity index (χ1v) is 5.95. The minimum atomic E-state index is 0.812. The number of aromatic nitrogens is 3. The van der Waals surface area contributed by atoms with Crippen LogP contribution in [-0.2, 0) is 13.0 Å². The van der Waals surface area contributed by atoms with E-state index in [0.29, 0.717) is 0 Å². The Morgan fingerprint density at radius 2 is 2.07 bits per heavy atom. The number of aryl methyl sites for hydroxylation is 2. The van der Waals surface area contributed by atoms with E-state index in [-0.39, 0.29) is 0 Å². The molecule has 0 aliphatic heterocycles. The fraction of sp³-hybridized carbons (Fsp3) is 0.818. The number of nitrogens with zero attached hydrogens (tertiary/aromatic N) is 3. The molecular weight excluding hydrogens is 188 g/mol. The number of nitrogens with two attached hydrogens (primary N) is 1. The van der Waals surface area contributed by atoms with Gasteiger partial charge in [-0.1, -0.05) is 19.8 Å². The van der Waals surface area contributed by atoms with Crippen molar-refractivity contribution in [1.82, 2.24) is 14.8 Å². The summed E-state index contributed by atoms with van der Waals surface area (Å²) >= 11 is 0. The van der Waals surface area contributed by atoms with E-state index in [1.165, 1.54) is 19.3 Å². The van der Waals surface area contributed by atoms with Crippen LogP contribution in [0.5, 0.6) is 0 Å². The average Bonchev–Trinajstić information content (AvgIpc) is 2.66. The predicted molar refractivity (Wildman–Crippen MR) is 61.5 cm³/mol. The lowest BCUT2D eigenvalue weighted by Crippen LogP contribution is -2.03. The molecule has 2 N–H and O–H groups in total. The Kier molecular flexibility index (Phi) is 6.00. The van der Waals surface area contributed by atoms with Gasteiger partial charge in [-0.3, -0.25) is 0 Å². The van der Waals surface area contributed by atoms with Crippen molar-refractivity contribution in [2.24, 2.45) is 5.73 Å². The quantitative estimate of drug-likeness (QED) is 0.665. The highest BCUT2D eigenvalue weighted by Gasteiger charge is 2.02. The van der Waals surface area contributed by atoms with Gasteiger partial charge in [0.1, 0.15) is 12.2 Å². The summed E-state index contributed by atoms with van der Waals surface area (Å²) in [5.41, 5.74) is 5.44. The zero-order valence-electron chi connectivity index (χ0n) is 9.65. The Labute approximate surface area is 91.9 Å². The van der Waals surface area contributed by atoms with E-state index in [1.54, 1.807) is 0 Å². The van der Waals surface area contributed by atoms with Gasteiger partial charge in [0, 0.05) is 13.0 Å². The summed E-state index contributed by atoms with van der Waals surface area (Å²) in [6.07, 6.45) is 8.83. The Bertz CT molecular complexity index is 257. The van der Waals surface area contributed by atoms with Gasteiger partial charge in [0.25, 0.3) is 0 Å². The lowest BCUT2D eigenvalue weighted by molar-refractivity contribution is 0.593. The van der Waals surface area contributed by atoms with Crippen LogP contribution in [0.2, 0.25) is 0 Å². The molecule has 0 fully saturated rings. The van der Waals surface area contributed by atoms with Crippen LogP contribution >= 0.6 is 0 Å². The van der Waals surface area contributed by atoms with Crippen molar-refractivity contribution in [3.63, 3.8) is 0 Å². The van der Waals surface area contributed by atoms with Crippen LogP contribution in [0.25, 0.3) is 0 Å². The molecule has 0 unspecified atom stereocenters. The average molecular weight is 210 g/mol. The number of hydrogen-bond donors (Lipinski definition) is 1. The molecule has 1 rings (SSSR count). The molecule has 1 aromatic rings. The highest BCUT2D eigenvalue weighted by Crippen LogP contribution is 2.05. The highest BCUT2D eigenvalue weighted by atomic mass is 15.3. The number of rotatable bonds is 8. The molecule has 0 aliphatic carbocycles. The van der Waals surface area contributed by atoms with E-state index in [4.69, 9.17) is 5.73 Å². The molecule has 4 nitrogen and oxygen atoms in total. The first-order chi connectivity index (χ1) is 7.38. The van der Waals surface area contributed by atoms with Gasteiger partial charge < -0.3 is 10.3 Å². The molecule has 0 bridgehead atoms. The predicted octanol–water partition coefficient (Wildman–Crippen LogP) is 1.75. The first-order valence-electron chi connectivity index (χ1n) is 5.95. The molecule has 0 aliphatic rings. The summed E-state index contributed by atoms with van der Waals surface area (Å²) < 4.78 is 2.16. The van der Waals surface area contributed by atoms with Crippen molar-refractivity contribution in [3.8, 4) is 0 Å². The largest absolute Gasteiger partial charge is 0.330 e. The van der Waals surface area contributed by atoms with Gasteiger partial charge in [-0.25, -0.2) is 0 Å². The monoisotopic (exact) mass is 210 g/mol. The van der Waals surface area contributed by atoms with Gasteiger partial charge in [-0.05, 0) is 25.8 Å². The standard InChI is InChI=1S/C11H22N4/c1-2-9-15-10-13-14-11(15)7-5-3-4-6-8-12/h10H,2-9,12H2,1H3. The Hall–Kier alpha value is -0.900. The lowest BCUT2D eigenvalue weighted by Gasteiger charge is -2.04. The maximum Gasteiger partial charge on any atom is 0.132 e. The summed E-state index contributed by atoms with van der Waals surface area (Å²) in [7, 11) is 0. The second-order valence-corrected chi connectivity index (χ2v) is 3.89. The summed E-state index contributed by atoms with van der Waals surface area (Å²) in [6, 6.07) is 0. The van der Waals surface area contributed by atoms with E-state index < -0.39 is 0 Å². The Morgan fingerprint density at radius 1 is 1.27 bits per heavy atom. The number of unbranched alkanes of at least 4 members (excludes halogenated alkanes) is 3. The SMILES string of the molecule is CCCn1cnnc1CCCCCCN. The molecule has 0 aromatic carbocycles. The summed E-state index contributed by atoms with van der Waals surface area (Å²) in [4.78, 5) is 0. The minimum absolute atomic E-state index is 0.812. The molecule has 0 saturated heterocycles. The maximum atomic E-state index is 5.44. The smallest absolute Gasteiger partial charge is 0.132 e. The topological polar surface area (TPSA) is 56.7 Å².